The van der Waals surface area contributed by atoms with Gasteiger partial charge in [0.2, 0.25) is 5.91 Å². The Kier molecular flexibility index (Phi) is 5.62. The lowest BCUT2D eigenvalue weighted by atomic mass is 10.2. The van der Waals surface area contributed by atoms with Gasteiger partial charge in [0, 0.05) is 25.2 Å². The lowest BCUT2D eigenvalue weighted by molar-refractivity contribution is -0.131. The van der Waals surface area contributed by atoms with Crippen molar-refractivity contribution in [1.29, 1.82) is 0 Å². The maximum absolute atomic E-state index is 13.5. The van der Waals surface area contributed by atoms with Gasteiger partial charge in [-0.3, -0.25) is 4.79 Å². The molecule has 0 fully saturated rings. The minimum absolute atomic E-state index is 0.00993. The maximum Gasteiger partial charge on any atom is 0.226 e. The normalized spacial score (nSPS) is 10.4. The van der Waals surface area contributed by atoms with E-state index in [2.05, 4.69) is 0 Å². The average molecular weight is 323 g/mol. The third kappa shape index (κ3) is 4.74. The van der Waals surface area contributed by atoms with Crippen molar-refractivity contribution in [1.82, 2.24) is 4.90 Å². The minimum atomic E-state index is -0.702. The van der Waals surface area contributed by atoms with Gasteiger partial charge in [0.25, 0.3) is 0 Å². The molecule has 0 atom stereocenters. The molecule has 6 heteroatoms. The molecule has 0 spiro atoms. The van der Waals surface area contributed by atoms with Crippen molar-refractivity contribution in [3.8, 4) is 5.75 Å². The molecule has 1 amide bonds. The molecule has 0 saturated carbocycles. The van der Waals surface area contributed by atoms with Gasteiger partial charge in [-0.25, -0.2) is 13.2 Å². The second-order valence-corrected chi connectivity index (χ2v) is 5.01. The van der Waals surface area contributed by atoms with Crippen LogP contribution in [-0.2, 0) is 11.3 Å². The summed E-state index contributed by atoms with van der Waals surface area (Å²) in [5, 5.41) is 0. The van der Waals surface area contributed by atoms with E-state index in [0.717, 1.165) is 12.1 Å². The summed E-state index contributed by atoms with van der Waals surface area (Å²) in [7, 11) is 1.51. The van der Waals surface area contributed by atoms with Crippen LogP contribution in [-0.4, -0.2) is 24.5 Å². The van der Waals surface area contributed by atoms with Crippen molar-refractivity contribution in [2.45, 2.75) is 13.0 Å². The Labute approximate surface area is 132 Å². The van der Waals surface area contributed by atoms with Gasteiger partial charge < -0.3 is 9.64 Å². The molecule has 23 heavy (non-hydrogen) atoms. The molecule has 0 heterocycles. The topological polar surface area (TPSA) is 29.5 Å². The molecule has 2 aromatic rings. The molecule has 0 aliphatic carbocycles. The van der Waals surface area contributed by atoms with E-state index in [0.29, 0.717) is 0 Å². The molecule has 0 unspecified atom stereocenters. The van der Waals surface area contributed by atoms with Crippen molar-refractivity contribution < 1.29 is 22.7 Å². The molecular weight excluding hydrogens is 307 g/mol. The van der Waals surface area contributed by atoms with E-state index >= 15 is 0 Å². The van der Waals surface area contributed by atoms with Gasteiger partial charge in [-0.05, 0) is 18.2 Å². The van der Waals surface area contributed by atoms with Crippen LogP contribution < -0.4 is 4.74 Å². The molecular formula is C17H16F3NO2. The van der Waals surface area contributed by atoms with Gasteiger partial charge in [0.1, 0.15) is 11.6 Å². The zero-order chi connectivity index (χ0) is 16.8. The van der Waals surface area contributed by atoms with E-state index in [1.54, 1.807) is 12.1 Å². The Morgan fingerprint density at radius 2 is 1.83 bits per heavy atom. The Hall–Kier alpha value is -2.50. The number of carbonyl (C=O) groups excluding carboxylic acids is 1. The molecule has 0 aliphatic heterocycles. The highest BCUT2D eigenvalue weighted by Crippen LogP contribution is 2.16. The molecule has 0 saturated heterocycles. The number of hydrogen-bond donors (Lipinski definition) is 0. The van der Waals surface area contributed by atoms with Gasteiger partial charge in [0.15, 0.2) is 11.6 Å². The Bertz CT molecular complexity index is 691. The highest BCUT2D eigenvalue weighted by molar-refractivity contribution is 5.76. The zero-order valence-corrected chi connectivity index (χ0v) is 12.6. The summed E-state index contributed by atoms with van der Waals surface area (Å²) < 4.78 is 44.9. The first kappa shape index (κ1) is 16.9. The quantitative estimate of drug-likeness (QED) is 0.814. The maximum atomic E-state index is 13.5. The third-order valence-corrected chi connectivity index (χ3v) is 3.26. The Morgan fingerprint density at radius 3 is 2.52 bits per heavy atom. The fourth-order valence-corrected chi connectivity index (χ4v) is 1.99. The van der Waals surface area contributed by atoms with E-state index in [1.807, 2.05) is 0 Å². The zero-order valence-electron chi connectivity index (χ0n) is 12.6. The highest BCUT2D eigenvalue weighted by atomic mass is 19.1. The number of benzene rings is 2. The molecule has 0 aliphatic rings. The Balaban J connectivity index is 1.84. The SMILES string of the molecule is CN(Cc1ccc(F)cc1F)C(=O)CCOc1ccccc1F. The first-order chi connectivity index (χ1) is 11.0. The van der Waals surface area contributed by atoms with Crippen LogP contribution in [0.1, 0.15) is 12.0 Å². The summed E-state index contributed by atoms with van der Waals surface area (Å²) in [6, 6.07) is 9.11. The van der Waals surface area contributed by atoms with Gasteiger partial charge in [-0.1, -0.05) is 18.2 Å². The smallest absolute Gasteiger partial charge is 0.226 e. The molecule has 0 aromatic heterocycles. The number of hydrogen-bond acceptors (Lipinski definition) is 2. The van der Waals surface area contributed by atoms with Crippen LogP contribution >= 0.6 is 0 Å². The minimum Gasteiger partial charge on any atom is -0.490 e. The van der Waals surface area contributed by atoms with Gasteiger partial charge in [0.05, 0.1) is 13.0 Å². The summed E-state index contributed by atoms with van der Waals surface area (Å²) in [6.07, 6.45) is 0.0215. The van der Waals surface area contributed by atoms with Crippen LogP contribution in [0.4, 0.5) is 13.2 Å². The molecule has 3 nitrogen and oxygen atoms in total. The number of nitrogens with zero attached hydrogens (tertiary/aromatic N) is 1. The van der Waals surface area contributed by atoms with E-state index in [1.165, 1.54) is 30.1 Å². The molecule has 0 radical (unpaired) electrons. The molecule has 122 valence electrons. The summed E-state index contributed by atoms with van der Waals surface area (Å²) in [5.41, 5.74) is 0.220. The second-order valence-electron chi connectivity index (χ2n) is 5.01. The van der Waals surface area contributed by atoms with Crippen LogP contribution in [0, 0.1) is 17.5 Å². The summed E-state index contributed by atoms with van der Waals surface area (Å²) in [5.74, 6) is -2.08. The van der Waals surface area contributed by atoms with Gasteiger partial charge in [-0.15, -0.1) is 0 Å². The first-order valence-electron chi connectivity index (χ1n) is 7.02. The lowest BCUT2D eigenvalue weighted by Crippen LogP contribution is -2.28. The van der Waals surface area contributed by atoms with Gasteiger partial charge in [-0.2, -0.15) is 0 Å². The van der Waals surface area contributed by atoms with Crippen LogP contribution in [0.15, 0.2) is 42.5 Å². The number of carbonyl (C=O) groups is 1. The third-order valence-electron chi connectivity index (χ3n) is 3.26. The number of amides is 1. The standard InChI is InChI=1S/C17H16F3NO2/c1-21(11-12-6-7-13(18)10-15(12)20)17(22)8-9-23-16-5-3-2-4-14(16)19/h2-7,10H,8-9,11H2,1H3. The van der Waals surface area contributed by atoms with E-state index < -0.39 is 17.5 Å². The number of ether oxygens (including phenoxy) is 1. The fourth-order valence-electron chi connectivity index (χ4n) is 1.99. The predicted octanol–water partition coefficient (Wildman–Crippen LogP) is 3.53. The van der Waals surface area contributed by atoms with Crippen LogP contribution in [0.5, 0.6) is 5.75 Å². The van der Waals surface area contributed by atoms with Crippen molar-refractivity contribution >= 4 is 5.91 Å². The molecule has 2 aromatic carbocycles. The van der Waals surface area contributed by atoms with Crippen LogP contribution in [0.3, 0.4) is 0 Å². The summed E-state index contributed by atoms with van der Waals surface area (Å²) in [6.45, 7) is 0.0284. The molecule has 0 bridgehead atoms. The second kappa shape index (κ2) is 7.67. The summed E-state index contributed by atoms with van der Waals surface area (Å²) in [4.78, 5) is 13.3. The van der Waals surface area contributed by atoms with Crippen molar-refractivity contribution in [3.05, 3.63) is 65.5 Å². The molecule has 0 N–H and O–H groups in total. The average Bonchev–Trinajstić information content (AvgIpc) is 2.51. The van der Waals surface area contributed by atoms with Crippen molar-refractivity contribution in [2.75, 3.05) is 13.7 Å². The number of rotatable bonds is 6. The molecule has 2 rings (SSSR count). The Morgan fingerprint density at radius 1 is 1.09 bits per heavy atom. The van der Waals surface area contributed by atoms with E-state index in [-0.39, 0.29) is 36.8 Å². The number of para-hydroxylation sites is 1. The van der Waals surface area contributed by atoms with E-state index in [4.69, 9.17) is 4.74 Å². The van der Waals surface area contributed by atoms with Gasteiger partial charge >= 0.3 is 0 Å². The van der Waals surface area contributed by atoms with Crippen molar-refractivity contribution in [3.63, 3.8) is 0 Å². The van der Waals surface area contributed by atoms with E-state index in [9.17, 15) is 18.0 Å². The fraction of sp³-hybridized carbons (Fsp3) is 0.235. The number of halogens is 3. The predicted molar refractivity (Wildman–Crippen MR) is 79.3 cm³/mol. The van der Waals surface area contributed by atoms with Crippen LogP contribution in [0.2, 0.25) is 0 Å². The monoisotopic (exact) mass is 323 g/mol. The first-order valence-corrected chi connectivity index (χ1v) is 7.02. The summed E-state index contributed by atoms with van der Waals surface area (Å²) >= 11 is 0. The van der Waals surface area contributed by atoms with Crippen molar-refractivity contribution in [2.24, 2.45) is 0 Å². The van der Waals surface area contributed by atoms with Crippen LogP contribution in [0.25, 0.3) is 0 Å². The highest BCUT2D eigenvalue weighted by Gasteiger charge is 2.13. The lowest BCUT2D eigenvalue weighted by Gasteiger charge is -2.18. The largest absolute Gasteiger partial charge is 0.490 e.